The second kappa shape index (κ2) is 10.6. The normalized spacial score (nSPS) is 33.1. The van der Waals surface area contributed by atoms with E-state index < -0.39 is 60.8 Å². The molecule has 0 radical (unpaired) electrons. The zero-order chi connectivity index (χ0) is 24.2. The molecule has 0 aromatic heterocycles. The summed E-state index contributed by atoms with van der Waals surface area (Å²) in [5, 5.41) is 50.2. The number of phenols is 1. The Hall–Kier alpha value is -2.54. The molecular formula is C22H28O11. The van der Waals surface area contributed by atoms with Gasteiger partial charge in [-0.1, -0.05) is 19.1 Å². The quantitative estimate of drug-likeness (QED) is 0.236. The fourth-order valence-electron chi connectivity index (χ4n) is 3.42. The number of ether oxygens (including phenoxy) is 4. The number of rotatable bonds is 8. The molecule has 0 unspecified atom stereocenters. The molecule has 11 nitrogen and oxygen atoms in total. The predicted molar refractivity (Wildman–Crippen MR) is 110 cm³/mol. The summed E-state index contributed by atoms with van der Waals surface area (Å²) in [5.41, 5.74) is -0.774. The summed E-state index contributed by atoms with van der Waals surface area (Å²) >= 11 is 0. The number of hydrogen-bond acceptors (Lipinski definition) is 11. The minimum Gasteiger partial charge on any atom is -0.508 e. The van der Waals surface area contributed by atoms with Crippen LogP contribution < -0.4 is 0 Å². The maximum atomic E-state index is 12.0. The highest BCUT2D eigenvalue weighted by molar-refractivity contribution is 5.87. The van der Waals surface area contributed by atoms with E-state index in [-0.39, 0.29) is 25.4 Å². The molecule has 2 aliphatic heterocycles. The van der Waals surface area contributed by atoms with Crippen LogP contribution in [0, 0.1) is 5.92 Å². The van der Waals surface area contributed by atoms with Gasteiger partial charge in [0.1, 0.15) is 49.0 Å². The summed E-state index contributed by atoms with van der Waals surface area (Å²) in [7, 11) is 0. The number of cyclic esters (lactones) is 1. The van der Waals surface area contributed by atoms with Gasteiger partial charge in [-0.05, 0) is 23.8 Å². The fourth-order valence-corrected chi connectivity index (χ4v) is 3.42. The maximum Gasteiger partial charge on any atom is 0.330 e. The largest absolute Gasteiger partial charge is 0.508 e. The van der Waals surface area contributed by atoms with Crippen molar-refractivity contribution >= 4 is 18.0 Å². The molecule has 1 aromatic rings. The standard InChI is InChI=1S/C22H28O11/c1-12(22(29)8-17(25)32-11-22)9-31-21-20(28)19(27)18(26)15(33-21)10-30-16(24)7-4-13-2-5-14(23)6-3-13/h2-7,12,15,18-21,23,26-29H,8-11H2,1H3/b7-4+/t12-,15+,18+,19-,20+,21+,22-/m0/s1. The average molecular weight is 468 g/mol. The van der Waals surface area contributed by atoms with Gasteiger partial charge in [0.05, 0.1) is 13.0 Å². The molecule has 5 N–H and O–H groups in total. The van der Waals surface area contributed by atoms with E-state index in [1.165, 1.54) is 18.2 Å². The molecule has 0 amide bonds. The van der Waals surface area contributed by atoms with Crippen LogP contribution >= 0.6 is 0 Å². The number of benzene rings is 1. The van der Waals surface area contributed by atoms with Crippen LogP contribution in [-0.4, -0.2) is 93.6 Å². The van der Waals surface area contributed by atoms with Crippen molar-refractivity contribution in [3.63, 3.8) is 0 Å². The lowest BCUT2D eigenvalue weighted by molar-refractivity contribution is -0.305. The number of carbonyl (C=O) groups is 2. The summed E-state index contributed by atoms with van der Waals surface area (Å²) in [6, 6.07) is 6.11. The van der Waals surface area contributed by atoms with Gasteiger partial charge in [0.2, 0.25) is 0 Å². The topological polar surface area (TPSA) is 172 Å². The molecule has 3 rings (SSSR count). The summed E-state index contributed by atoms with van der Waals surface area (Å²) in [6.07, 6.45) is -4.90. The molecule has 0 bridgehead atoms. The highest BCUT2D eigenvalue weighted by Gasteiger charge is 2.47. The third kappa shape index (κ3) is 6.28. The lowest BCUT2D eigenvalue weighted by Crippen LogP contribution is -2.59. The number of carbonyl (C=O) groups excluding carboxylic acids is 2. The van der Waals surface area contributed by atoms with Gasteiger partial charge in [-0.15, -0.1) is 0 Å². The Morgan fingerprint density at radius 2 is 1.91 bits per heavy atom. The Balaban J connectivity index is 1.52. The first-order chi connectivity index (χ1) is 15.6. The van der Waals surface area contributed by atoms with Crippen molar-refractivity contribution in [3.8, 4) is 5.75 Å². The highest BCUT2D eigenvalue weighted by atomic mass is 16.7. The maximum absolute atomic E-state index is 12.0. The number of aliphatic hydroxyl groups excluding tert-OH is 3. The van der Waals surface area contributed by atoms with Crippen LogP contribution in [0.3, 0.4) is 0 Å². The van der Waals surface area contributed by atoms with Gasteiger partial charge in [-0.2, -0.15) is 0 Å². The Kier molecular flexibility index (Phi) is 8.05. The van der Waals surface area contributed by atoms with Gasteiger partial charge >= 0.3 is 11.9 Å². The first kappa shape index (κ1) is 25.1. The van der Waals surface area contributed by atoms with Gasteiger partial charge < -0.3 is 44.5 Å². The summed E-state index contributed by atoms with van der Waals surface area (Å²) in [6.45, 7) is 0.884. The number of hydrogen-bond donors (Lipinski definition) is 5. The minimum absolute atomic E-state index is 0.0873. The second-order valence-electron chi connectivity index (χ2n) is 8.25. The second-order valence-corrected chi connectivity index (χ2v) is 8.25. The van der Waals surface area contributed by atoms with Crippen LogP contribution in [-0.2, 0) is 28.5 Å². The highest BCUT2D eigenvalue weighted by Crippen LogP contribution is 2.30. The molecule has 0 spiro atoms. The molecule has 0 saturated carbocycles. The fraction of sp³-hybridized carbons (Fsp3) is 0.545. The van der Waals surface area contributed by atoms with E-state index in [9.17, 15) is 35.1 Å². The average Bonchev–Trinajstić information content (AvgIpc) is 3.15. The van der Waals surface area contributed by atoms with Crippen molar-refractivity contribution in [2.75, 3.05) is 19.8 Å². The van der Waals surface area contributed by atoms with E-state index in [4.69, 9.17) is 18.9 Å². The summed E-state index contributed by atoms with van der Waals surface area (Å²) < 4.78 is 20.8. The van der Waals surface area contributed by atoms with Crippen LogP contribution in [0.15, 0.2) is 30.3 Å². The van der Waals surface area contributed by atoms with Crippen LogP contribution in [0.2, 0.25) is 0 Å². The molecule has 2 heterocycles. The first-order valence-corrected chi connectivity index (χ1v) is 10.4. The van der Waals surface area contributed by atoms with E-state index in [2.05, 4.69) is 0 Å². The van der Waals surface area contributed by atoms with E-state index in [0.717, 1.165) is 6.08 Å². The molecule has 2 fully saturated rings. The molecular weight excluding hydrogens is 440 g/mol. The molecule has 33 heavy (non-hydrogen) atoms. The van der Waals surface area contributed by atoms with Crippen LogP contribution in [0.25, 0.3) is 6.08 Å². The summed E-state index contributed by atoms with van der Waals surface area (Å²) in [5.74, 6) is -1.74. The van der Waals surface area contributed by atoms with Crippen molar-refractivity contribution in [1.82, 2.24) is 0 Å². The predicted octanol–water partition coefficient (Wildman–Crippen LogP) is -0.913. The van der Waals surface area contributed by atoms with Crippen molar-refractivity contribution in [2.45, 2.75) is 49.7 Å². The van der Waals surface area contributed by atoms with E-state index >= 15 is 0 Å². The minimum atomic E-state index is -1.63. The van der Waals surface area contributed by atoms with Gasteiger partial charge in [-0.3, -0.25) is 4.79 Å². The monoisotopic (exact) mass is 468 g/mol. The van der Waals surface area contributed by atoms with Gasteiger partial charge in [0.15, 0.2) is 6.29 Å². The number of esters is 2. The number of aromatic hydroxyl groups is 1. The SMILES string of the molecule is C[C@@H](CO[C@@H]1O[C@H](COC(=O)/C=C/c2ccc(O)cc2)[C@@H](O)[C@H](O)[C@H]1O)[C@@]1(O)COC(=O)C1. The van der Waals surface area contributed by atoms with Crippen LogP contribution in [0.5, 0.6) is 5.75 Å². The third-order valence-electron chi connectivity index (χ3n) is 5.72. The van der Waals surface area contributed by atoms with E-state index in [1.807, 2.05) is 0 Å². The van der Waals surface area contributed by atoms with E-state index in [1.54, 1.807) is 19.1 Å². The smallest absolute Gasteiger partial charge is 0.330 e. The summed E-state index contributed by atoms with van der Waals surface area (Å²) in [4.78, 5) is 23.3. The van der Waals surface area contributed by atoms with E-state index in [0.29, 0.717) is 5.56 Å². The number of aliphatic hydroxyl groups is 4. The molecule has 1 aromatic carbocycles. The van der Waals surface area contributed by atoms with Crippen molar-refractivity contribution < 1.29 is 54.1 Å². The third-order valence-corrected chi connectivity index (χ3v) is 5.72. The van der Waals surface area contributed by atoms with Crippen molar-refractivity contribution in [3.05, 3.63) is 35.9 Å². The zero-order valence-electron chi connectivity index (χ0n) is 17.9. The molecule has 7 atom stereocenters. The number of phenolic OH excluding ortho intramolecular Hbond substituents is 1. The zero-order valence-corrected chi connectivity index (χ0v) is 17.9. The van der Waals surface area contributed by atoms with Gasteiger partial charge in [0.25, 0.3) is 0 Å². The van der Waals surface area contributed by atoms with Crippen molar-refractivity contribution in [1.29, 1.82) is 0 Å². The van der Waals surface area contributed by atoms with Gasteiger partial charge in [-0.25, -0.2) is 4.79 Å². The lowest BCUT2D eigenvalue weighted by Gasteiger charge is -2.40. The Morgan fingerprint density at radius 3 is 2.55 bits per heavy atom. The molecule has 0 aliphatic carbocycles. The van der Waals surface area contributed by atoms with Crippen molar-refractivity contribution in [2.24, 2.45) is 5.92 Å². The van der Waals surface area contributed by atoms with Crippen LogP contribution in [0.1, 0.15) is 18.9 Å². The molecule has 182 valence electrons. The molecule has 2 saturated heterocycles. The van der Waals surface area contributed by atoms with Crippen LogP contribution in [0.4, 0.5) is 0 Å². The first-order valence-electron chi connectivity index (χ1n) is 10.4. The Morgan fingerprint density at radius 1 is 1.21 bits per heavy atom. The lowest BCUT2D eigenvalue weighted by atomic mass is 9.88. The molecule has 2 aliphatic rings. The molecule has 11 heteroatoms. The Labute approximate surface area is 189 Å². The Bertz CT molecular complexity index is 854. The van der Waals surface area contributed by atoms with Gasteiger partial charge in [0, 0.05) is 12.0 Å².